The number of aromatic nitrogens is 1. The lowest BCUT2D eigenvalue weighted by Gasteiger charge is -2.32. The lowest BCUT2D eigenvalue weighted by Crippen LogP contribution is -2.47. The van der Waals surface area contributed by atoms with E-state index in [2.05, 4.69) is 15.2 Å². The number of methoxy groups -OCH3 is 1. The Morgan fingerprint density at radius 3 is 2.50 bits per heavy atom. The van der Waals surface area contributed by atoms with Crippen LogP contribution in [0.4, 0.5) is 0 Å². The lowest BCUT2D eigenvalue weighted by atomic mass is 10.1. The molecule has 0 radical (unpaired) electrons. The maximum absolute atomic E-state index is 12.7. The molecule has 1 aromatic carbocycles. The van der Waals surface area contributed by atoms with Crippen molar-refractivity contribution in [3.8, 4) is 5.75 Å². The van der Waals surface area contributed by atoms with Gasteiger partial charge in [-0.15, -0.1) is 0 Å². The van der Waals surface area contributed by atoms with Crippen molar-refractivity contribution in [3.63, 3.8) is 0 Å². The van der Waals surface area contributed by atoms with Crippen molar-refractivity contribution < 1.29 is 14.3 Å². The first kappa shape index (κ1) is 19.8. The van der Waals surface area contributed by atoms with Crippen molar-refractivity contribution in [3.05, 3.63) is 59.4 Å². The standard InChI is InChI=1S/C21H26N4O3/c1-24-11-13-25(14-12-24)21(27)17-8-10-22-19(15-17)20(26)23-9-7-16-3-5-18(28-2)6-4-16/h3-6,8,10,15H,7,9,11-14H2,1-2H3,(H,23,26). The largest absolute Gasteiger partial charge is 0.497 e. The molecule has 0 spiro atoms. The summed E-state index contributed by atoms with van der Waals surface area (Å²) < 4.78 is 5.14. The van der Waals surface area contributed by atoms with Crippen molar-refractivity contribution >= 4 is 11.8 Å². The molecule has 1 fully saturated rings. The first-order chi connectivity index (χ1) is 13.6. The average molecular weight is 382 g/mol. The van der Waals surface area contributed by atoms with Crippen molar-refractivity contribution in [1.29, 1.82) is 0 Å². The van der Waals surface area contributed by atoms with Gasteiger partial charge in [-0.1, -0.05) is 12.1 Å². The molecule has 3 rings (SSSR count). The van der Waals surface area contributed by atoms with E-state index < -0.39 is 0 Å². The summed E-state index contributed by atoms with van der Waals surface area (Å²) in [5, 5.41) is 2.86. The Morgan fingerprint density at radius 1 is 1.11 bits per heavy atom. The average Bonchev–Trinajstić information content (AvgIpc) is 2.74. The number of benzene rings is 1. The van der Waals surface area contributed by atoms with Gasteiger partial charge in [-0.05, 0) is 43.3 Å². The molecule has 1 aliphatic heterocycles. The summed E-state index contributed by atoms with van der Waals surface area (Å²) >= 11 is 0. The van der Waals surface area contributed by atoms with Crippen LogP contribution in [0, 0.1) is 0 Å². The number of nitrogens with one attached hydrogen (secondary N) is 1. The number of hydrogen-bond acceptors (Lipinski definition) is 5. The number of amides is 2. The molecule has 0 aliphatic carbocycles. The Hall–Kier alpha value is -2.93. The molecule has 1 saturated heterocycles. The summed E-state index contributed by atoms with van der Waals surface area (Å²) in [6.45, 7) is 3.59. The number of likely N-dealkylation sites (N-methyl/N-ethyl adjacent to an activating group) is 1. The van der Waals surface area contributed by atoms with Crippen LogP contribution in [0.3, 0.4) is 0 Å². The predicted molar refractivity (Wildman–Crippen MR) is 107 cm³/mol. The minimum Gasteiger partial charge on any atom is -0.497 e. The van der Waals surface area contributed by atoms with Crippen LogP contribution in [0.15, 0.2) is 42.6 Å². The van der Waals surface area contributed by atoms with E-state index in [4.69, 9.17) is 4.74 Å². The maximum Gasteiger partial charge on any atom is 0.269 e. The summed E-state index contributed by atoms with van der Waals surface area (Å²) in [5.41, 5.74) is 1.86. The third-order valence-corrected chi connectivity index (χ3v) is 4.89. The Balaban J connectivity index is 1.55. The van der Waals surface area contributed by atoms with E-state index in [0.717, 1.165) is 24.4 Å². The lowest BCUT2D eigenvalue weighted by molar-refractivity contribution is 0.0664. The Labute approximate surface area is 165 Å². The fourth-order valence-electron chi connectivity index (χ4n) is 3.08. The minimum absolute atomic E-state index is 0.0530. The Bertz CT molecular complexity index is 815. The third kappa shape index (κ3) is 5.07. The van der Waals surface area contributed by atoms with Gasteiger partial charge in [0.2, 0.25) is 0 Å². The van der Waals surface area contributed by atoms with Gasteiger partial charge >= 0.3 is 0 Å². The van der Waals surface area contributed by atoms with E-state index in [1.165, 1.54) is 6.20 Å². The second-order valence-corrected chi connectivity index (χ2v) is 6.88. The molecule has 2 amide bonds. The fraction of sp³-hybridized carbons (Fsp3) is 0.381. The molecule has 28 heavy (non-hydrogen) atoms. The number of pyridine rings is 1. The smallest absolute Gasteiger partial charge is 0.269 e. The highest BCUT2D eigenvalue weighted by Gasteiger charge is 2.21. The molecule has 1 aliphatic rings. The van der Waals surface area contributed by atoms with Crippen LogP contribution >= 0.6 is 0 Å². The zero-order valence-electron chi connectivity index (χ0n) is 16.4. The zero-order valence-corrected chi connectivity index (χ0v) is 16.4. The number of nitrogens with zero attached hydrogens (tertiary/aromatic N) is 3. The second kappa shape index (κ2) is 9.32. The van der Waals surface area contributed by atoms with Crippen LogP contribution in [-0.2, 0) is 6.42 Å². The Morgan fingerprint density at radius 2 is 1.82 bits per heavy atom. The first-order valence-corrected chi connectivity index (χ1v) is 9.42. The highest BCUT2D eigenvalue weighted by atomic mass is 16.5. The first-order valence-electron chi connectivity index (χ1n) is 9.42. The molecule has 7 heteroatoms. The van der Waals surface area contributed by atoms with Gasteiger partial charge in [0.25, 0.3) is 11.8 Å². The summed E-state index contributed by atoms with van der Waals surface area (Å²) in [4.78, 5) is 33.2. The molecule has 1 N–H and O–H groups in total. The number of ether oxygens (including phenoxy) is 1. The number of hydrogen-bond donors (Lipinski definition) is 1. The number of carbonyl (C=O) groups excluding carboxylic acids is 2. The van der Waals surface area contributed by atoms with Gasteiger partial charge in [0.15, 0.2) is 0 Å². The molecule has 148 valence electrons. The van der Waals surface area contributed by atoms with Gasteiger partial charge in [-0.3, -0.25) is 14.6 Å². The molecule has 2 heterocycles. The number of rotatable bonds is 6. The van der Waals surface area contributed by atoms with Crippen LogP contribution in [0.25, 0.3) is 0 Å². The second-order valence-electron chi connectivity index (χ2n) is 6.88. The third-order valence-electron chi connectivity index (χ3n) is 4.89. The maximum atomic E-state index is 12.7. The monoisotopic (exact) mass is 382 g/mol. The van der Waals surface area contributed by atoms with Gasteiger partial charge in [0.1, 0.15) is 11.4 Å². The molecule has 0 saturated carbocycles. The van der Waals surface area contributed by atoms with Gasteiger partial charge in [-0.2, -0.15) is 0 Å². The van der Waals surface area contributed by atoms with Crippen molar-refractivity contribution in [2.24, 2.45) is 0 Å². The molecular weight excluding hydrogens is 356 g/mol. The molecule has 0 atom stereocenters. The van der Waals surface area contributed by atoms with Crippen LogP contribution in [0.5, 0.6) is 5.75 Å². The molecular formula is C21H26N4O3. The topological polar surface area (TPSA) is 74.8 Å². The highest BCUT2D eigenvalue weighted by molar-refractivity contribution is 5.98. The van der Waals surface area contributed by atoms with Crippen molar-refractivity contribution in [2.45, 2.75) is 6.42 Å². The van der Waals surface area contributed by atoms with Crippen LogP contribution in [0.1, 0.15) is 26.4 Å². The summed E-state index contributed by atoms with van der Waals surface area (Å²) in [6.07, 6.45) is 2.22. The van der Waals surface area contributed by atoms with Gasteiger partial charge in [0.05, 0.1) is 7.11 Å². The highest BCUT2D eigenvalue weighted by Crippen LogP contribution is 2.12. The predicted octanol–water partition coefficient (Wildman–Crippen LogP) is 1.45. The summed E-state index contributed by atoms with van der Waals surface area (Å²) in [5.74, 6) is 0.475. The molecule has 0 bridgehead atoms. The van der Waals surface area contributed by atoms with E-state index in [9.17, 15) is 9.59 Å². The van der Waals surface area contributed by atoms with E-state index in [-0.39, 0.29) is 17.5 Å². The van der Waals surface area contributed by atoms with Crippen molar-refractivity contribution in [2.75, 3.05) is 46.9 Å². The molecule has 1 aromatic heterocycles. The summed E-state index contributed by atoms with van der Waals surface area (Å²) in [7, 11) is 3.67. The van der Waals surface area contributed by atoms with Crippen LogP contribution in [-0.4, -0.2) is 73.5 Å². The van der Waals surface area contributed by atoms with Gasteiger partial charge in [0, 0.05) is 44.5 Å². The van der Waals surface area contributed by atoms with Crippen LogP contribution in [0.2, 0.25) is 0 Å². The SMILES string of the molecule is COc1ccc(CCNC(=O)c2cc(C(=O)N3CCN(C)CC3)ccn2)cc1. The fourth-order valence-corrected chi connectivity index (χ4v) is 3.08. The number of carbonyl (C=O) groups is 2. The van der Waals surface area contributed by atoms with Gasteiger partial charge in [-0.25, -0.2) is 0 Å². The minimum atomic E-state index is -0.276. The van der Waals surface area contributed by atoms with E-state index in [1.54, 1.807) is 19.2 Å². The molecule has 7 nitrogen and oxygen atoms in total. The van der Waals surface area contributed by atoms with Gasteiger partial charge < -0.3 is 19.9 Å². The van der Waals surface area contributed by atoms with E-state index >= 15 is 0 Å². The van der Waals surface area contributed by atoms with E-state index in [0.29, 0.717) is 31.6 Å². The van der Waals surface area contributed by atoms with E-state index in [1.807, 2.05) is 36.2 Å². The zero-order chi connectivity index (χ0) is 19.9. The molecule has 2 aromatic rings. The quantitative estimate of drug-likeness (QED) is 0.819. The molecule has 0 unspecified atom stereocenters. The number of piperazine rings is 1. The Kier molecular flexibility index (Phi) is 6.60. The summed E-state index contributed by atoms with van der Waals surface area (Å²) in [6, 6.07) is 11.0. The van der Waals surface area contributed by atoms with Crippen LogP contribution < -0.4 is 10.1 Å². The van der Waals surface area contributed by atoms with Crippen molar-refractivity contribution in [1.82, 2.24) is 20.1 Å². The normalized spacial score (nSPS) is 14.6.